The van der Waals surface area contributed by atoms with Gasteiger partial charge in [0.2, 0.25) is 0 Å². The van der Waals surface area contributed by atoms with Crippen molar-refractivity contribution in [2.45, 2.75) is 38.6 Å². The summed E-state index contributed by atoms with van der Waals surface area (Å²) < 4.78 is 0. The molecule has 0 unspecified atom stereocenters. The number of hydrogen-bond acceptors (Lipinski definition) is 2. The normalized spacial score (nSPS) is 30.4. The van der Waals surface area contributed by atoms with Crippen LogP contribution in [-0.4, -0.2) is 35.2 Å². The minimum Gasteiger partial charge on any atom is -0.394 e. The summed E-state index contributed by atoms with van der Waals surface area (Å²) in [5.74, 6) is 0. The monoisotopic (exact) mass is 203 g/mol. The number of halogens is 1. The predicted molar refractivity (Wildman–Crippen MR) is 58.2 cm³/mol. The van der Waals surface area contributed by atoms with Crippen LogP contribution in [0.4, 0.5) is 4.70 Å². The van der Waals surface area contributed by atoms with E-state index < -0.39 is 0 Å². The molecule has 0 aliphatic carbocycles. The second kappa shape index (κ2) is 5.47. The maximum atomic E-state index is 9.26. The van der Waals surface area contributed by atoms with Gasteiger partial charge in [0, 0.05) is 12.1 Å². The summed E-state index contributed by atoms with van der Waals surface area (Å²) >= 11 is 0. The number of hydrogen-bond donors (Lipinski definition) is 1. The van der Waals surface area contributed by atoms with Gasteiger partial charge in [0.05, 0.1) is 6.61 Å². The fourth-order valence-electron chi connectivity index (χ4n) is 2.47. The van der Waals surface area contributed by atoms with E-state index in [0.29, 0.717) is 6.61 Å². The molecular formula is C11H22FNO. The van der Waals surface area contributed by atoms with Crippen molar-refractivity contribution < 1.29 is 9.81 Å². The van der Waals surface area contributed by atoms with Crippen LogP contribution in [-0.2, 0) is 0 Å². The molecule has 1 N–H and O–H groups in total. The first-order valence-corrected chi connectivity index (χ1v) is 5.29. The fraction of sp³-hybridized carbons (Fsp3) is 0.818. The lowest BCUT2D eigenvalue weighted by atomic mass is 9.94. The second-order valence-electron chi connectivity index (χ2n) is 3.83. The van der Waals surface area contributed by atoms with E-state index in [-0.39, 0.29) is 10.2 Å². The number of rotatable bonds is 1. The Morgan fingerprint density at radius 2 is 2.14 bits per heavy atom. The molecule has 2 aliphatic rings. The number of aliphatic hydroxyl groups is 1. The van der Waals surface area contributed by atoms with Gasteiger partial charge in [-0.3, -0.25) is 9.60 Å². The zero-order valence-corrected chi connectivity index (χ0v) is 9.25. The van der Waals surface area contributed by atoms with Crippen LogP contribution < -0.4 is 0 Å². The molecule has 2 fully saturated rings. The van der Waals surface area contributed by atoms with Crippen molar-refractivity contribution in [2.75, 3.05) is 19.7 Å². The fourth-order valence-corrected chi connectivity index (χ4v) is 2.47. The molecule has 2 nitrogen and oxygen atoms in total. The van der Waals surface area contributed by atoms with Gasteiger partial charge >= 0.3 is 0 Å². The minimum atomic E-state index is 0. The molecular weight excluding hydrogens is 181 g/mol. The van der Waals surface area contributed by atoms with Crippen LogP contribution in [0.2, 0.25) is 0 Å². The molecule has 0 aromatic carbocycles. The highest BCUT2D eigenvalue weighted by Crippen LogP contribution is 2.39. The Morgan fingerprint density at radius 3 is 2.64 bits per heavy atom. The summed E-state index contributed by atoms with van der Waals surface area (Å²) in [6.45, 7) is 10.5. The maximum absolute atomic E-state index is 9.26. The van der Waals surface area contributed by atoms with E-state index in [9.17, 15) is 5.11 Å². The van der Waals surface area contributed by atoms with Gasteiger partial charge in [-0.1, -0.05) is 26.0 Å². The largest absolute Gasteiger partial charge is 0.394 e. The third-order valence-corrected chi connectivity index (χ3v) is 3.03. The Hall–Kier alpha value is -0.410. The van der Waals surface area contributed by atoms with Crippen LogP contribution in [0.1, 0.15) is 33.1 Å². The molecule has 2 rings (SSSR count). The van der Waals surface area contributed by atoms with Gasteiger partial charge in [-0.15, -0.1) is 0 Å². The van der Waals surface area contributed by atoms with Gasteiger partial charge in [0.25, 0.3) is 0 Å². The molecule has 0 aromatic rings. The number of nitrogens with zero attached hydrogens (tertiary/aromatic N) is 1. The van der Waals surface area contributed by atoms with Crippen molar-refractivity contribution in [2.24, 2.45) is 0 Å². The molecule has 0 saturated carbocycles. The summed E-state index contributed by atoms with van der Waals surface area (Å²) in [5.41, 5.74) is 1.40. The summed E-state index contributed by atoms with van der Waals surface area (Å²) in [6, 6.07) is 0. The van der Waals surface area contributed by atoms with Gasteiger partial charge < -0.3 is 5.11 Å². The summed E-state index contributed by atoms with van der Waals surface area (Å²) in [5, 5.41) is 9.26. The highest BCUT2D eigenvalue weighted by atomic mass is 19.0. The second-order valence-corrected chi connectivity index (χ2v) is 3.83. The summed E-state index contributed by atoms with van der Waals surface area (Å²) in [6.07, 6.45) is 3.42. The van der Waals surface area contributed by atoms with Gasteiger partial charge in [-0.25, -0.2) is 0 Å². The Bertz CT molecular complexity index is 196. The van der Waals surface area contributed by atoms with E-state index in [2.05, 4.69) is 11.5 Å². The molecule has 14 heavy (non-hydrogen) atoms. The molecule has 0 radical (unpaired) electrons. The Labute approximate surface area is 86.0 Å². The van der Waals surface area contributed by atoms with Crippen LogP contribution in [0.25, 0.3) is 0 Å². The molecule has 2 aliphatic heterocycles. The SMILES string of the molecule is C=C1CN2CCC[C@@]2(CO)C1.CC.F. The molecule has 2 saturated heterocycles. The zero-order valence-electron chi connectivity index (χ0n) is 9.25. The molecule has 3 heteroatoms. The minimum absolute atomic E-state index is 0. The predicted octanol–water partition coefficient (Wildman–Crippen LogP) is 1.95. The van der Waals surface area contributed by atoms with Gasteiger partial charge in [-0.05, 0) is 25.8 Å². The lowest BCUT2D eigenvalue weighted by molar-refractivity contribution is 0.1000. The maximum Gasteiger partial charge on any atom is 0.0618 e. The quantitative estimate of drug-likeness (QED) is 0.658. The first-order chi connectivity index (χ1) is 6.27. The van der Waals surface area contributed by atoms with Crippen molar-refractivity contribution in [3.63, 3.8) is 0 Å². The number of aliphatic hydroxyl groups excluding tert-OH is 1. The van der Waals surface area contributed by atoms with Crippen LogP contribution in [0.15, 0.2) is 12.2 Å². The van der Waals surface area contributed by atoms with Crippen molar-refractivity contribution in [3.8, 4) is 0 Å². The molecule has 2 heterocycles. The van der Waals surface area contributed by atoms with E-state index in [1.807, 2.05) is 13.8 Å². The van der Waals surface area contributed by atoms with Crippen molar-refractivity contribution in [1.29, 1.82) is 0 Å². The summed E-state index contributed by atoms with van der Waals surface area (Å²) in [7, 11) is 0. The van der Waals surface area contributed by atoms with E-state index in [0.717, 1.165) is 25.9 Å². The van der Waals surface area contributed by atoms with Gasteiger partial charge in [0.15, 0.2) is 0 Å². The van der Waals surface area contributed by atoms with E-state index >= 15 is 0 Å². The van der Waals surface area contributed by atoms with E-state index in [1.54, 1.807) is 0 Å². The topological polar surface area (TPSA) is 23.5 Å². The smallest absolute Gasteiger partial charge is 0.0618 e. The number of fused-ring (bicyclic) bond motifs is 1. The van der Waals surface area contributed by atoms with Crippen molar-refractivity contribution >= 4 is 0 Å². The Kier molecular flexibility index (Phi) is 5.31. The highest BCUT2D eigenvalue weighted by molar-refractivity contribution is 5.17. The molecule has 0 bridgehead atoms. The standard InChI is InChI=1S/C9H15NO.C2H6.FH/c1-8-5-9(7-11)3-2-4-10(9)6-8;1-2;/h11H,1-7H2;1-2H3;1H/t9-;;/m0../s1. The lowest BCUT2D eigenvalue weighted by Crippen LogP contribution is -2.41. The third kappa shape index (κ3) is 2.15. The van der Waals surface area contributed by atoms with Gasteiger partial charge in [0.1, 0.15) is 0 Å². The van der Waals surface area contributed by atoms with E-state index in [1.165, 1.54) is 12.0 Å². The average molecular weight is 203 g/mol. The molecule has 1 atom stereocenters. The van der Waals surface area contributed by atoms with E-state index in [4.69, 9.17) is 0 Å². The molecule has 0 amide bonds. The summed E-state index contributed by atoms with van der Waals surface area (Å²) in [4.78, 5) is 2.38. The molecule has 0 aromatic heterocycles. The van der Waals surface area contributed by atoms with Crippen LogP contribution in [0.3, 0.4) is 0 Å². The van der Waals surface area contributed by atoms with Crippen LogP contribution >= 0.6 is 0 Å². The first kappa shape index (κ1) is 13.6. The van der Waals surface area contributed by atoms with Crippen molar-refractivity contribution in [3.05, 3.63) is 12.2 Å². The first-order valence-electron chi connectivity index (χ1n) is 5.29. The highest BCUT2D eigenvalue weighted by Gasteiger charge is 2.44. The van der Waals surface area contributed by atoms with Crippen molar-refractivity contribution in [1.82, 2.24) is 4.90 Å². The van der Waals surface area contributed by atoms with Crippen LogP contribution in [0.5, 0.6) is 0 Å². The molecule has 0 spiro atoms. The average Bonchev–Trinajstić information content (AvgIpc) is 2.64. The Balaban J connectivity index is 0.000000531. The molecule has 84 valence electrons. The zero-order chi connectivity index (χ0) is 9.90. The van der Waals surface area contributed by atoms with Crippen LogP contribution in [0, 0.1) is 0 Å². The van der Waals surface area contributed by atoms with Gasteiger partial charge in [-0.2, -0.15) is 0 Å². The Morgan fingerprint density at radius 1 is 1.50 bits per heavy atom. The lowest BCUT2D eigenvalue weighted by Gasteiger charge is -2.28. The third-order valence-electron chi connectivity index (χ3n) is 3.03.